The zero-order chi connectivity index (χ0) is 12.4. The minimum atomic E-state index is -0.509. The quantitative estimate of drug-likeness (QED) is 0.754. The van der Waals surface area contributed by atoms with E-state index in [0.717, 1.165) is 11.1 Å². The van der Waals surface area contributed by atoms with Crippen molar-refractivity contribution >= 4 is 10.8 Å². The number of aliphatic hydroxyl groups excluding tert-OH is 1. The molecule has 3 aromatic rings. The first-order chi connectivity index (χ1) is 8.83. The lowest BCUT2D eigenvalue weighted by Crippen LogP contribution is -2.00. The Balaban J connectivity index is 1.86. The van der Waals surface area contributed by atoms with Crippen LogP contribution in [-0.2, 0) is 6.42 Å². The maximum Gasteiger partial charge on any atom is 0.0960 e. The maximum absolute atomic E-state index is 10.1. The highest BCUT2D eigenvalue weighted by Gasteiger charge is 2.09. The fourth-order valence-electron chi connectivity index (χ4n) is 2.17. The van der Waals surface area contributed by atoms with Gasteiger partial charge in [-0.1, -0.05) is 42.5 Å². The van der Waals surface area contributed by atoms with E-state index in [2.05, 4.69) is 30.3 Å². The van der Waals surface area contributed by atoms with E-state index in [9.17, 15) is 5.11 Å². The van der Waals surface area contributed by atoms with Crippen LogP contribution in [0.15, 0.2) is 65.5 Å². The van der Waals surface area contributed by atoms with Gasteiger partial charge in [-0.15, -0.1) is 0 Å². The second-order valence-electron chi connectivity index (χ2n) is 4.46. The zero-order valence-electron chi connectivity index (χ0n) is 9.91. The number of benzene rings is 2. The lowest BCUT2D eigenvalue weighted by molar-refractivity contribution is 0.177. The van der Waals surface area contributed by atoms with Gasteiger partial charge >= 0.3 is 0 Å². The van der Waals surface area contributed by atoms with Gasteiger partial charge in [0.25, 0.3) is 0 Å². The molecule has 0 fully saturated rings. The molecule has 0 radical (unpaired) electrons. The Morgan fingerprint density at radius 3 is 2.61 bits per heavy atom. The Bertz CT molecular complexity index is 641. The second-order valence-corrected chi connectivity index (χ2v) is 4.46. The molecule has 3 rings (SSSR count). The summed E-state index contributed by atoms with van der Waals surface area (Å²) in [5, 5.41) is 12.5. The second kappa shape index (κ2) is 4.67. The van der Waals surface area contributed by atoms with Gasteiger partial charge in [0, 0.05) is 12.0 Å². The summed E-state index contributed by atoms with van der Waals surface area (Å²) in [5.74, 6) is 0. The van der Waals surface area contributed by atoms with Crippen molar-refractivity contribution in [2.45, 2.75) is 12.5 Å². The first-order valence-electron chi connectivity index (χ1n) is 6.01. The van der Waals surface area contributed by atoms with Gasteiger partial charge in [0.15, 0.2) is 0 Å². The molecule has 1 unspecified atom stereocenters. The molecule has 0 saturated carbocycles. The molecule has 90 valence electrons. The van der Waals surface area contributed by atoms with Gasteiger partial charge in [-0.2, -0.15) is 0 Å². The summed E-state index contributed by atoms with van der Waals surface area (Å²) in [7, 11) is 0. The first kappa shape index (κ1) is 11.1. The van der Waals surface area contributed by atoms with E-state index >= 15 is 0 Å². The van der Waals surface area contributed by atoms with E-state index in [-0.39, 0.29) is 0 Å². The van der Waals surface area contributed by atoms with Crippen LogP contribution < -0.4 is 0 Å². The third kappa shape index (κ3) is 2.15. The molecule has 0 aliphatic heterocycles. The summed E-state index contributed by atoms with van der Waals surface area (Å²) < 4.78 is 4.98. The SMILES string of the molecule is OC(Cc1ccc2ccccc2c1)c1ccoc1. The maximum atomic E-state index is 10.1. The predicted octanol–water partition coefficient (Wildman–Crippen LogP) is 3.71. The number of hydrogen-bond donors (Lipinski definition) is 1. The van der Waals surface area contributed by atoms with Gasteiger partial charge in [-0.05, 0) is 22.4 Å². The van der Waals surface area contributed by atoms with Crippen LogP contribution in [0.3, 0.4) is 0 Å². The minimum absolute atomic E-state index is 0.509. The average Bonchev–Trinajstić information content (AvgIpc) is 2.92. The molecule has 1 aromatic heterocycles. The van der Waals surface area contributed by atoms with Crippen LogP contribution in [0.1, 0.15) is 17.2 Å². The fraction of sp³-hybridized carbons (Fsp3) is 0.125. The van der Waals surface area contributed by atoms with Crippen molar-refractivity contribution in [2.75, 3.05) is 0 Å². The molecule has 0 aliphatic rings. The van der Waals surface area contributed by atoms with Crippen molar-refractivity contribution < 1.29 is 9.52 Å². The zero-order valence-corrected chi connectivity index (χ0v) is 9.91. The van der Waals surface area contributed by atoms with E-state index in [1.807, 2.05) is 12.1 Å². The predicted molar refractivity (Wildman–Crippen MR) is 71.3 cm³/mol. The van der Waals surface area contributed by atoms with Crippen LogP contribution in [0.25, 0.3) is 10.8 Å². The third-order valence-corrected chi connectivity index (χ3v) is 3.17. The van der Waals surface area contributed by atoms with Gasteiger partial charge in [0.05, 0.1) is 18.6 Å². The molecule has 0 saturated heterocycles. The molecule has 0 bridgehead atoms. The lowest BCUT2D eigenvalue weighted by Gasteiger charge is -2.09. The van der Waals surface area contributed by atoms with E-state index < -0.39 is 6.10 Å². The van der Waals surface area contributed by atoms with Crippen LogP contribution in [0.5, 0.6) is 0 Å². The largest absolute Gasteiger partial charge is 0.472 e. The Labute approximate surface area is 105 Å². The molecule has 2 heteroatoms. The van der Waals surface area contributed by atoms with Gasteiger partial charge in [-0.25, -0.2) is 0 Å². The number of rotatable bonds is 3. The Morgan fingerprint density at radius 2 is 1.83 bits per heavy atom. The molecule has 1 heterocycles. The van der Waals surface area contributed by atoms with Gasteiger partial charge < -0.3 is 9.52 Å². The Kier molecular flexibility index (Phi) is 2.87. The molecule has 2 nitrogen and oxygen atoms in total. The topological polar surface area (TPSA) is 33.4 Å². The van der Waals surface area contributed by atoms with Crippen LogP contribution in [0, 0.1) is 0 Å². The summed E-state index contributed by atoms with van der Waals surface area (Å²) in [6, 6.07) is 16.3. The number of aliphatic hydroxyl groups is 1. The van der Waals surface area contributed by atoms with Crippen LogP contribution in [0.4, 0.5) is 0 Å². The molecule has 2 aromatic carbocycles. The number of hydrogen-bond acceptors (Lipinski definition) is 2. The Hall–Kier alpha value is -2.06. The average molecular weight is 238 g/mol. The summed E-state index contributed by atoms with van der Waals surface area (Å²) in [6.45, 7) is 0. The van der Waals surface area contributed by atoms with E-state index in [4.69, 9.17) is 4.42 Å². The highest BCUT2D eigenvalue weighted by Crippen LogP contribution is 2.21. The van der Waals surface area contributed by atoms with E-state index in [0.29, 0.717) is 6.42 Å². The van der Waals surface area contributed by atoms with Crippen molar-refractivity contribution in [1.29, 1.82) is 0 Å². The van der Waals surface area contributed by atoms with Crippen LogP contribution in [0.2, 0.25) is 0 Å². The highest BCUT2D eigenvalue weighted by atomic mass is 16.3. The number of fused-ring (bicyclic) bond motifs is 1. The van der Waals surface area contributed by atoms with Crippen molar-refractivity contribution in [3.63, 3.8) is 0 Å². The molecule has 1 atom stereocenters. The number of furan rings is 1. The Morgan fingerprint density at radius 1 is 1.00 bits per heavy atom. The molecule has 0 amide bonds. The molecular formula is C16H14O2. The normalized spacial score (nSPS) is 12.7. The fourth-order valence-corrected chi connectivity index (χ4v) is 2.17. The summed E-state index contributed by atoms with van der Waals surface area (Å²) in [6.07, 6.45) is 3.26. The molecular weight excluding hydrogens is 224 g/mol. The van der Waals surface area contributed by atoms with E-state index in [1.54, 1.807) is 18.6 Å². The summed E-state index contributed by atoms with van der Waals surface area (Å²) in [5.41, 5.74) is 1.95. The van der Waals surface area contributed by atoms with Crippen molar-refractivity contribution in [2.24, 2.45) is 0 Å². The van der Waals surface area contributed by atoms with Crippen molar-refractivity contribution in [3.8, 4) is 0 Å². The van der Waals surface area contributed by atoms with Crippen molar-refractivity contribution in [1.82, 2.24) is 0 Å². The standard InChI is InChI=1S/C16H14O2/c17-16(15-7-8-18-11-15)10-12-5-6-13-3-1-2-4-14(13)9-12/h1-9,11,16-17H,10H2. The van der Waals surface area contributed by atoms with Crippen molar-refractivity contribution in [3.05, 3.63) is 72.2 Å². The first-order valence-corrected chi connectivity index (χ1v) is 6.01. The summed E-state index contributed by atoms with van der Waals surface area (Å²) in [4.78, 5) is 0. The van der Waals surface area contributed by atoms with Gasteiger partial charge in [0.1, 0.15) is 0 Å². The molecule has 0 spiro atoms. The lowest BCUT2D eigenvalue weighted by atomic mass is 10.0. The highest BCUT2D eigenvalue weighted by molar-refractivity contribution is 5.82. The van der Waals surface area contributed by atoms with E-state index in [1.165, 1.54) is 10.8 Å². The third-order valence-electron chi connectivity index (χ3n) is 3.17. The van der Waals surface area contributed by atoms with Crippen LogP contribution in [-0.4, -0.2) is 5.11 Å². The summed E-state index contributed by atoms with van der Waals surface area (Å²) >= 11 is 0. The monoisotopic (exact) mass is 238 g/mol. The van der Waals surface area contributed by atoms with Gasteiger partial charge in [0.2, 0.25) is 0 Å². The van der Waals surface area contributed by atoms with Crippen LogP contribution >= 0.6 is 0 Å². The smallest absolute Gasteiger partial charge is 0.0960 e. The molecule has 1 N–H and O–H groups in total. The minimum Gasteiger partial charge on any atom is -0.472 e. The molecule has 0 aliphatic carbocycles. The molecule has 18 heavy (non-hydrogen) atoms. The van der Waals surface area contributed by atoms with Gasteiger partial charge in [-0.3, -0.25) is 0 Å².